The highest BCUT2D eigenvalue weighted by Gasteiger charge is 2.36. The summed E-state index contributed by atoms with van der Waals surface area (Å²) in [4.78, 5) is 0. The molecule has 108 valence electrons. The molecule has 3 nitrogen and oxygen atoms in total. The van der Waals surface area contributed by atoms with E-state index in [-0.39, 0.29) is 0 Å². The largest absolute Gasteiger partial charge is 0.390 e. The zero-order valence-corrected chi connectivity index (χ0v) is 12.8. The Labute approximate surface area is 117 Å². The van der Waals surface area contributed by atoms with Crippen molar-refractivity contribution in [1.29, 1.82) is 0 Å². The van der Waals surface area contributed by atoms with Crippen LogP contribution in [-0.4, -0.2) is 20.5 Å². The highest BCUT2D eigenvalue weighted by molar-refractivity contribution is 5.02. The van der Waals surface area contributed by atoms with Gasteiger partial charge in [0.2, 0.25) is 0 Å². The van der Waals surface area contributed by atoms with E-state index in [0.717, 1.165) is 44.4 Å². The summed E-state index contributed by atoms with van der Waals surface area (Å²) in [5.74, 6) is 0.754. The Balaban J connectivity index is 1.87. The molecule has 0 radical (unpaired) electrons. The summed E-state index contributed by atoms with van der Waals surface area (Å²) in [6.07, 6.45) is 7.84. The smallest absolute Gasteiger partial charge is 0.0651 e. The van der Waals surface area contributed by atoms with E-state index in [9.17, 15) is 5.11 Å². The van der Waals surface area contributed by atoms with Crippen LogP contribution in [0.2, 0.25) is 0 Å². The van der Waals surface area contributed by atoms with Crippen molar-refractivity contribution in [3.8, 4) is 0 Å². The van der Waals surface area contributed by atoms with Gasteiger partial charge in [-0.05, 0) is 55.9 Å². The molecule has 1 aliphatic rings. The molecule has 2 rings (SSSR count). The van der Waals surface area contributed by atoms with Gasteiger partial charge in [-0.2, -0.15) is 5.10 Å². The van der Waals surface area contributed by atoms with Crippen LogP contribution in [0.3, 0.4) is 0 Å². The predicted molar refractivity (Wildman–Crippen MR) is 77.9 cm³/mol. The van der Waals surface area contributed by atoms with Crippen LogP contribution in [-0.2, 0) is 13.5 Å². The number of nitrogens with zero attached hydrogens (tertiary/aromatic N) is 2. The molecule has 0 spiro atoms. The van der Waals surface area contributed by atoms with Gasteiger partial charge in [0.25, 0.3) is 0 Å². The maximum absolute atomic E-state index is 10.7. The minimum absolute atomic E-state index is 0.378. The first-order valence-electron chi connectivity index (χ1n) is 7.49. The second-order valence-corrected chi connectivity index (χ2v) is 7.31. The lowest BCUT2D eigenvalue weighted by Gasteiger charge is -2.41. The van der Waals surface area contributed by atoms with Crippen LogP contribution in [0, 0.1) is 11.3 Å². The Kier molecular flexibility index (Phi) is 4.05. The van der Waals surface area contributed by atoms with Gasteiger partial charge in [0.05, 0.1) is 5.60 Å². The maximum Gasteiger partial charge on any atom is 0.0651 e. The number of aliphatic hydroxyl groups is 1. The fourth-order valence-electron chi connectivity index (χ4n) is 3.28. The quantitative estimate of drug-likeness (QED) is 0.909. The second-order valence-electron chi connectivity index (χ2n) is 7.31. The zero-order valence-electron chi connectivity index (χ0n) is 12.8. The summed E-state index contributed by atoms with van der Waals surface area (Å²) in [5, 5.41) is 14.9. The van der Waals surface area contributed by atoms with Crippen molar-refractivity contribution in [1.82, 2.24) is 9.78 Å². The van der Waals surface area contributed by atoms with Crippen LogP contribution in [0.4, 0.5) is 0 Å². The summed E-state index contributed by atoms with van der Waals surface area (Å²) in [6.45, 7) is 6.95. The molecule has 0 unspecified atom stereocenters. The van der Waals surface area contributed by atoms with Crippen LogP contribution in [0.5, 0.6) is 0 Å². The molecule has 1 heterocycles. The van der Waals surface area contributed by atoms with Crippen LogP contribution in [0.1, 0.15) is 58.6 Å². The van der Waals surface area contributed by atoms with Crippen LogP contribution < -0.4 is 0 Å². The normalized spacial score (nSPS) is 28.6. The average Bonchev–Trinajstić information content (AvgIpc) is 2.72. The first kappa shape index (κ1) is 14.6. The van der Waals surface area contributed by atoms with E-state index >= 15 is 0 Å². The third-order valence-corrected chi connectivity index (χ3v) is 4.91. The van der Waals surface area contributed by atoms with Gasteiger partial charge in [0.15, 0.2) is 0 Å². The molecule has 19 heavy (non-hydrogen) atoms. The Morgan fingerprint density at radius 1 is 1.37 bits per heavy atom. The van der Waals surface area contributed by atoms with Crippen molar-refractivity contribution in [3.05, 3.63) is 18.0 Å². The Morgan fingerprint density at radius 3 is 2.47 bits per heavy atom. The summed E-state index contributed by atoms with van der Waals surface area (Å²) in [5.41, 5.74) is 1.14. The molecule has 1 aliphatic carbocycles. The summed E-state index contributed by atoms with van der Waals surface area (Å²) >= 11 is 0. The van der Waals surface area contributed by atoms with E-state index in [1.165, 1.54) is 5.69 Å². The lowest BCUT2D eigenvalue weighted by atomic mass is 9.67. The molecule has 1 N–H and O–H groups in total. The molecule has 3 heteroatoms. The highest BCUT2D eigenvalue weighted by Crippen LogP contribution is 2.42. The molecule has 1 aromatic heterocycles. The lowest BCUT2D eigenvalue weighted by molar-refractivity contribution is -0.0312. The number of rotatable bonds is 3. The lowest BCUT2D eigenvalue weighted by Crippen LogP contribution is -2.37. The SMILES string of the molecule is Cn1nccc1CCC1(O)CCC(C(C)(C)C)CC1. The molecule has 1 fully saturated rings. The van der Waals surface area contributed by atoms with Gasteiger partial charge in [-0.1, -0.05) is 20.8 Å². The van der Waals surface area contributed by atoms with E-state index in [0.29, 0.717) is 5.41 Å². The molecular weight excluding hydrogens is 236 g/mol. The highest BCUT2D eigenvalue weighted by atomic mass is 16.3. The van der Waals surface area contributed by atoms with Crippen molar-refractivity contribution in [2.45, 2.75) is 64.9 Å². The van der Waals surface area contributed by atoms with Crippen LogP contribution in [0.15, 0.2) is 12.3 Å². The molecular formula is C16H28N2O. The Bertz CT molecular complexity index is 409. The molecule has 0 amide bonds. The number of hydrogen-bond donors (Lipinski definition) is 1. The molecule has 1 aromatic rings. The van der Waals surface area contributed by atoms with Crippen molar-refractivity contribution in [2.75, 3.05) is 0 Å². The van der Waals surface area contributed by atoms with Crippen LogP contribution >= 0.6 is 0 Å². The standard InChI is InChI=1S/C16H28N2O/c1-15(2,3)13-5-9-16(19,10-6-13)11-7-14-8-12-17-18(14)4/h8,12-13,19H,5-7,9-11H2,1-4H3. The van der Waals surface area contributed by atoms with E-state index in [2.05, 4.69) is 25.9 Å². The van der Waals surface area contributed by atoms with Gasteiger partial charge in [-0.3, -0.25) is 4.68 Å². The first-order valence-corrected chi connectivity index (χ1v) is 7.49. The van der Waals surface area contributed by atoms with E-state index < -0.39 is 5.60 Å². The Morgan fingerprint density at radius 2 is 2.00 bits per heavy atom. The molecule has 1 saturated carbocycles. The molecule has 0 atom stereocenters. The van der Waals surface area contributed by atoms with E-state index in [1.54, 1.807) is 0 Å². The number of aryl methyl sites for hydroxylation is 2. The Hall–Kier alpha value is -0.830. The fraction of sp³-hybridized carbons (Fsp3) is 0.812. The van der Waals surface area contributed by atoms with Crippen molar-refractivity contribution in [2.24, 2.45) is 18.4 Å². The third-order valence-electron chi connectivity index (χ3n) is 4.91. The van der Waals surface area contributed by atoms with Gasteiger partial charge >= 0.3 is 0 Å². The number of hydrogen-bond acceptors (Lipinski definition) is 2. The van der Waals surface area contributed by atoms with Crippen molar-refractivity contribution in [3.63, 3.8) is 0 Å². The molecule has 0 saturated heterocycles. The summed E-state index contributed by atoms with van der Waals surface area (Å²) < 4.78 is 1.91. The van der Waals surface area contributed by atoms with Gasteiger partial charge in [-0.25, -0.2) is 0 Å². The van der Waals surface area contributed by atoms with E-state index in [4.69, 9.17) is 0 Å². The monoisotopic (exact) mass is 264 g/mol. The van der Waals surface area contributed by atoms with Crippen molar-refractivity contribution >= 4 is 0 Å². The van der Waals surface area contributed by atoms with Gasteiger partial charge < -0.3 is 5.11 Å². The summed E-state index contributed by atoms with van der Waals surface area (Å²) in [7, 11) is 1.97. The van der Waals surface area contributed by atoms with Gasteiger partial charge in [-0.15, -0.1) is 0 Å². The fourth-order valence-corrected chi connectivity index (χ4v) is 3.28. The van der Waals surface area contributed by atoms with Gasteiger partial charge in [0.1, 0.15) is 0 Å². The second kappa shape index (κ2) is 5.28. The molecule has 0 aliphatic heterocycles. The van der Waals surface area contributed by atoms with Crippen molar-refractivity contribution < 1.29 is 5.11 Å². The minimum Gasteiger partial charge on any atom is -0.390 e. The number of aromatic nitrogens is 2. The third kappa shape index (κ3) is 3.59. The zero-order chi connectivity index (χ0) is 14.1. The van der Waals surface area contributed by atoms with Gasteiger partial charge in [0, 0.05) is 18.9 Å². The summed E-state index contributed by atoms with van der Waals surface area (Å²) in [6, 6.07) is 2.05. The molecule has 0 bridgehead atoms. The predicted octanol–water partition coefficient (Wildman–Crippen LogP) is 3.32. The first-order chi connectivity index (χ1) is 8.80. The topological polar surface area (TPSA) is 38.0 Å². The molecule has 0 aromatic carbocycles. The minimum atomic E-state index is -0.452. The average molecular weight is 264 g/mol. The maximum atomic E-state index is 10.7. The van der Waals surface area contributed by atoms with Crippen LogP contribution in [0.25, 0.3) is 0 Å². The van der Waals surface area contributed by atoms with E-state index in [1.807, 2.05) is 24.0 Å².